The standard InChI is InChI=1S/C10H21N3O/c1-3-4-12-10(14)7-13-5-8(2)9(11)6-13/h8-9H,3-7,11H2,1-2H3,(H,12,14). The van der Waals surface area contributed by atoms with Crippen LogP contribution in [0, 0.1) is 5.92 Å². The Morgan fingerprint density at radius 1 is 1.57 bits per heavy atom. The van der Waals surface area contributed by atoms with Gasteiger partial charge in [0.05, 0.1) is 6.54 Å². The van der Waals surface area contributed by atoms with E-state index in [0.29, 0.717) is 12.5 Å². The monoisotopic (exact) mass is 199 g/mol. The van der Waals surface area contributed by atoms with Gasteiger partial charge >= 0.3 is 0 Å². The molecule has 4 heteroatoms. The molecular weight excluding hydrogens is 178 g/mol. The van der Waals surface area contributed by atoms with E-state index in [-0.39, 0.29) is 11.9 Å². The van der Waals surface area contributed by atoms with Crippen LogP contribution in [0.25, 0.3) is 0 Å². The van der Waals surface area contributed by atoms with E-state index in [1.165, 1.54) is 0 Å². The third kappa shape index (κ3) is 3.27. The molecule has 2 unspecified atom stereocenters. The number of amides is 1. The first-order valence-electron chi connectivity index (χ1n) is 5.38. The molecule has 1 aliphatic heterocycles. The zero-order valence-electron chi connectivity index (χ0n) is 9.12. The highest BCUT2D eigenvalue weighted by atomic mass is 16.2. The van der Waals surface area contributed by atoms with Crippen molar-refractivity contribution in [3.63, 3.8) is 0 Å². The maximum Gasteiger partial charge on any atom is 0.234 e. The summed E-state index contributed by atoms with van der Waals surface area (Å²) in [6.07, 6.45) is 0.988. The SMILES string of the molecule is CCCNC(=O)CN1CC(C)C(N)C1. The second kappa shape index (κ2) is 5.32. The van der Waals surface area contributed by atoms with Crippen LogP contribution in [0.2, 0.25) is 0 Å². The Hall–Kier alpha value is -0.610. The van der Waals surface area contributed by atoms with Gasteiger partial charge in [-0.3, -0.25) is 9.69 Å². The molecular formula is C10H21N3O. The van der Waals surface area contributed by atoms with Gasteiger partial charge in [0.25, 0.3) is 0 Å². The average Bonchev–Trinajstić information content (AvgIpc) is 2.42. The predicted octanol–water partition coefficient (Wildman–Crippen LogP) is -0.208. The molecule has 1 amide bonds. The molecule has 0 aromatic rings. The Morgan fingerprint density at radius 2 is 2.29 bits per heavy atom. The number of nitrogens with zero attached hydrogens (tertiary/aromatic N) is 1. The first-order chi connectivity index (χ1) is 6.63. The van der Waals surface area contributed by atoms with Crippen molar-refractivity contribution in [2.75, 3.05) is 26.2 Å². The molecule has 0 bridgehead atoms. The highest BCUT2D eigenvalue weighted by Gasteiger charge is 2.27. The maximum absolute atomic E-state index is 11.4. The summed E-state index contributed by atoms with van der Waals surface area (Å²) in [5.74, 6) is 0.627. The molecule has 0 aromatic carbocycles. The Morgan fingerprint density at radius 3 is 2.79 bits per heavy atom. The molecule has 1 aliphatic rings. The molecule has 1 rings (SSSR count). The van der Waals surface area contributed by atoms with E-state index in [4.69, 9.17) is 5.73 Å². The molecule has 14 heavy (non-hydrogen) atoms. The lowest BCUT2D eigenvalue weighted by Crippen LogP contribution is -2.37. The van der Waals surface area contributed by atoms with Crippen molar-refractivity contribution in [3.8, 4) is 0 Å². The quantitative estimate of drug-likeness (QED) is 0.659. The highest BCUT2D eigenvalue weighted by Crippen LogP contribution is 2.13. The van der Waals surface area contributed by atoms with Crippen molar-refractivity contribution in [2.45, 2.75) is 26.3 Å². The lowest BCUT2D eigenvalue weighted by Gasteiger charge is -2.14. The Kier molecular flexibility index (Phi) is 4.35. The number of nitrogens with one attached hydrogen (secondary N) is 1. The van der Waals surface area contributed by atoms with Gasteiger partial charge in [-0.25, -0.2) is 0 Å². The van der Waals surface area contributed by atoms with Gasteiger partial charge in [0, 0.05) is 25.7 Å². The smallest absolute Gasteiger partial charge is 0.234 e. The first kappa shape index (κ1) is 11.5. The van der Waals surface area contributed by atoms with E-state index in [1.807, 2.05) is 6.92 Å². The molecule has 0 saturated carbocycles. The summed E-state index contributed by atoms with van der Waals surface area (Å²) in [7, 11) is 0. The third-order valence-electron chi connectivity index (χ3n) is 2.69. The molecule has 2 atom stereocenters. The lowest BCUT2D eigenvalue weighted by molar-refractivity contribution is -0.122. The van der Waals surface area contributed by atoms with Crippen molar-refractivity contribution >= 4 is 5.91 Å². The number of hydrogen-bond acceptors (Lipinski definition) is 3. The van der Waals surface area contributed by atoms with Crippen LogP contribution in [0.1, 0.15) is 20.3 Å². The van der Waals surface area contributed by atoms with Crippen LogP contribution < -0.4 is 11.1 Å². The van der Waals surface area contributed by atoms with Gasteiger partial charge < -0.3 is 11.1 Å². The predicted molar refractivity (Wildman–Crippen MR) is 56.9 cm³/mol. The van der Waals surface area contributed by atoms with E-state index >= 15 is 0 Å². The number of carbonyl (C=O) groups is 1. The maximum atomic E-state index is 11.4. The molecule has 0 spiro atoms. The largest absolute Gasteiger partial charge is 0.355 e. The fourth-order valence-electron chi connectivity index (χ4n) is 1.75. The number of carbonyl (C=O) groups excluding carboxylic acids is 1. The van der Waals surface area contributed by atoms with E-state index in [0.717, 1.165) is 26.1 Å². The molecule has 0 radical (unpaired) electrons. The minimum Gasteiger partial charge on any atom is -0.355 e. The van der Waals surface area contributed by atoms with Crippen LogP contribution in [0.15, 0.2) is 0 Å². The van der Waals surface area contributed by atoms with Crippen LogP contribution in [-0.4, -0.2) is 43.0 Å². The summed E-state index contributed by atoms with van der Waals surface area (Å²) in [5, 5.41) is 2.87. The molecule has 0 aliphatic carbocycles. The van der Waals surface area contributed by atoms with Crippen molar-refractivity contribution in [1.82, 2.24) is 10.2 Å². The number of hydrogen-bond donors (Lipinski definition) is 2. The summed E-state index contributed by atoms with van der Waals surface area (Å²) in [4.78, 5) is 13.5. The van der Waals surface area contributed by atoms with Crippen molar-refractivity contribution in [1.29, 1.82) is 0 Å². The van der Waals surface area contributed by atoms with Gasteiger partial charge in [-0.1, -0.05) is 13.8 Å². The zero-order chi connectivity index (χ0) is 10.6. The summed E-state index contributed by atoms with van der Waals surface area (Å²) in [6.45, 7) is 7.25. The van der Waals surface area contributed by atoms with Gasteiger partial charge in [0.2, 0.25) is 5.91 Å². The van der Waals surface area contributed by atoms with Gasteiger partial charge in [-0.15, -0.1) is 0 Å². The van der Waals surface area contributed by atoms with Crippen molar-refractivity contribution < 1.29 is 4.79 Å². The van der Waals surface area contributed by atoms with Crippen LogP contribution in [0.3, 0.4) is 0 Å². The number of nitrogens with two attached hydrogens (primary N) is 1. The van der Waals surface area contributed by atoms with Crippen LogP contribution >= 0.6 is 0 Å². The van der Waals surface area contributed by atoms with Gasteiger partial charge in [-0.2, -0.15) is 0 Å². The molecule has 82 valence electrons. The van der Waals surface area contributed by atoms with Crippen LogP contribution in [-0.2, 0) is 4.79 Å². The molecule has 3 N–H and O–H groups in total. The Bertz CT molecular complexity index is 186. The van der Waals surface area contributed by atoms with Gasteiger partial charge in [0.15, 0.2) is 0 Å². The fourth-order valence-corrected chi connectivity index (χ4v) is 1.75. The number of likely N-dealkylation sites (tertiary alicyclic amines) is 1. The van der Waals surface area contributed by atoms with Gasteiger partial charge in [0.1, 0.15) is 0 Å². The fraction of sp³-hybridized carbons (Fsp3) is 0.900. The average molecular weight is 199 g/mol. The second-order valence-corrected chi connectivity index (χ2v) is 4.19. The molecule has 1 fully saturated rings. The van der Waals surface area contributed by atoms with Crippen LogP contribution in [0.5, 0.6) is 0 Å². The first-order valence-corrected chi connectivity index (χ1v) is 5.38. The van der Waals surface area contributed by atoms with E-state index in [9.17, 15) is 4.79 Å². The molecule has 1 heterocycles. The molecule has 4 nitrogen and oxygen atoms in total. The van der Waals surface area contributed by atoms with Crippen LogP contribution in [0.4, 0.5) is 0 Å². The minimum atomic E-state index is 0.119. The van der Waals surface area contributed by atoms with E-state index < -0.39 is 0 Å². The Labute approximate surface area is 85.8 Å². The van der Waals surface area contributed by atoms with E-state index in [1.54, 1.807) is 0 Å². The van der Waals surface area contributed by atoms with Crippen molar-refractivity contribution in [2.24, 2.45) is 11.7 Å². The number of rotatable bonds is 4. The summed E-state index contributed by atoms with van der Waals surface area (Å²) < 4.78 is 0. The summed E-state index contributed by atoms with van der Waals surface area (Å²) >= 11 is 0. The minimum absolute atomic E-state index is 0.119. The van der Waals surface area contributed by atoms with E-state index in [2.05, 4.69) is 17.1 Å². The third-order valence-corrected chi connectivity index (χ3v) is 2.69. The second-order valence-electron chi connectivity index (χ2n) is 4.19. The topological polar surface area (TPSA) is 58.4 Å². The summed E-state index contributed by atoms with van der Waals surface area (Å²) in [5.41, 5.74) is 5.87. The molecule has 1 saturated heterocycles. The molecule has 0 aromatic heterocycles. The highest BCUT2D eigenvalue weighted by molar-refractivity contribution is 5.78. The Balaban J connectivity index is 2.21. The zero-order valence-corrected chi connectivity index (χ0v) is 9.12. The normalized spacial score (nSPS) is 27.9. The summed E-state index contributed by atoms with van der Waals surface area (Å²) in [6, 6.07) is 0.231. The lowest BCUT2D eigenvalue weighted by atomic mass is 10.1. The van der Waals surface area contributed by atoms with Gasteiger partial charge in [-0.05, 0) is 12.3 Å². The van der Waals surface area contributed by atoms with Crippen molar-refractivity contribution in [3.05, 3.63) is 0 Å².